The van der Waals surface area contributed by atoms with E-state index in [4.69, 9.17) is 9.26 Å². The maximum Gasteiger partial charge on any atom is 0.272 e. The lowest BCUT2D eigenvalue weighted by Gasteiger charge is -2.00. The number of ether oxygens (including phenoxy) is 1. The lowest BCUT2D eigenvalue weighted by molar-refractivity contribution is 0.0941. The van der Waals surface area contributed by atoms with Crippen LogP contribution in [-0.2, 0) is 6.54 Å². The van der Waals surface area contributed by atoms with Crippen molar-refractivity contribution in [3.63, 3.8) is 0 Å². The molecule has 0 aliphatic heterocycles. The fourth-order valence-electron chi connectivity index (χ4n) is 1.97. The van der Waals surface area contributed by atoms with Crippen molar-refractivity contribution in [2.45, 2.75) is 20.4 Å². The molecule has 0 atom stereocenters. The fourth-order valence-corrected chi connectivity index (χ4v) is 1.97. The molecule has 24 heavy (non-hydrogen) atoms. The number of aromatic amines is 1. The second-order valence-electron chi connectivity index (χ2n) is 4.95. The summed E-state index contributed by atoms with van der Waals surface area (Å²) in [4.78, 5) is 20.3. The summed E-state index contributed by atoms with van der Waals surface area (Å²) in [7, 11) is 0. The van der Waals surface area contributed by atoms with E-state index < -0.39 is 0 Å². The minimum atomic E-state index is -0.318. The Balaban J connectivity index is 1.62. The minimum absolute atomic E-state index is 0.113. The third kappa shape index (κ3) is 3.57. The van der Waals surface area contributed by atoms with Gasteiger partial charge in [-0.1, -0.05) is 5.16 Å². The molecule has 0 saturated carbocycles. The average Bonchev–Trinajstić information content (AvgIpc) is 3.23. The van der Waals surface area contributed by atoms with Gasteiger partial charge in [0, 0.05) is 23.5 Å². The Morgan fingerprint density at radius 1 is 1.42 bits per heavy atom. The van der Waals surface area contributed by atoms with Gasteiger partial charge < -0.3 is 14.6 Å². The number of pyridine rings is 1. The number of hydrogen-bond acceptors (Lipinski definition) is 7. The van der Waals surface area contributed by atoms with Crippen LogP contribution in [0, 0.1) is 6.92 Å². The lowest BCUT2D eigenvalue weighted by atomic mass is 10.3. The summed E-state index contributed by atoms with van der Waals surface area (Å²) < 4.78 is 10.4. The van der Waals surface area contributed by atoms with Crippen LogP contribution in [0.3, 0.4) is 0 Å². The summed E-state index contributed by atoms with van der Waals surface area (Å²) in [5.74, 6) is 0.901. The molecule has 2 N–H and O–H groups in total. The molecule has 124 valence electrons. The van der Waals surface area contributed by atoms with Gasteiger partial charge in [0.1, 0.15) is 5.69 Å². The predicted octanol–water partition coefficient (Wildman–Crippen LogP) is 1.49. The highest BCUT2D eigenvalue weighted by atomic mass is 16.5. The summed E-state index contributed by atoms with van der Waals surface area (Å²) in [5, 5.41) is 13.1. The van der Waals surface area contributed by atoms with Crippen LogP contribution < -0.4 is 10.1 Å². The summed E-state index contributed by atoms with van der Waals surface area (Å²) in [6.07, 6.45) is 1.60. The normalized spacial score (nSPS) is 10.6. The molecule has 3 rings (SSSR count). The number of aryl methyl sites for hydroxylation is 1. The van der Waals surface area contributed by atoms with E-state index in [0.29, 0.717) is 35.5 Å². The SMILES string of the molecule is CCOc1ccc(-c2noc(CNC(=O)c3cc(C)[nH]n3)n2)cn1. The van der Waals surface area contributed by atoms with Crippen LogP contribution in [0.4, 0.5) is 0 Å². The van der Waals surface area contributed by atoms with E-state index in [1.54, 1.807) is 24.4 Å². The van der Waals surface area contributed by atoms with Crippen LogP contribution in [0.5, 0.6) is 5.88 Å². The minimum Gasteiger partial charge on any atom is -0.478 e. The molecule has 3 aromatic rings. The maximum atomic E-state index is 11.9. The van der Waals surface area contributed by atoms with Gasteiger partial charge >= 0.3 is 0 Å². The van der Waals surface area contributed by atoms with Gasteiger partial charge in [0.05, 0.1) is 13.2 Å². The number of H-pyrrole nitrogens is 1. The van der Waals surface area contributed by atoms with Gasteiger partial charge in [-0.15, -0.1) is 0 Å². The molecule has 0 bridgehead atoms. The lowest BCUT2D eigenvalue weighted by Crippen LogP contribution is -2.23. The van der Waals surface area contributed by atoms with E-state index in [-0.39, 0.29) is 12.5 Å². The number of amides is 1. The smallest absolute Gasteiger partial charge is 0.272 e. The van der Waals surface area contributed by atoms with Crippen LogP contribution in [-0.4, -0.2) is 37.8 Å². The average molecular weight is 328 g/mol. The van der Waals surface area contributed by atoms with Gasteiger partial charge in [0.15, 0.2) is 0 Å². The molecule has 0 aliphatic rings. The number of hydrogen-bond donors (Lipinski definition) is 2. The fraction of sp³-hybridized carbons (Fsp3) is 0.267. The van der Waals surface area contributed by atoms with Crippen LogP contribution in [0.25, 0.3) is 11.4 Å². The Kier molecular flexibility index (Phi) is 4.50. The molecule has 0 saturated heterocycles. The van der Waals surface area contributed by atoms with Gasteiger partial charge in [-0.3, -0.25) is 9.89 Å². The Bertz CT molecular complexity index is 824. The van der Waals surface area contributed by atoms with Crippen molar-refractivity contribution in [1.82, 2.24) is 30.6 Å². The topological polar surface area (TPSA) is 119 Å². The highest BCUT2D eigenvalue weighted by Crippen LogP contribution is 2.17. The Morgan fingerprint density at radius 2 is 2.29 bits per heavy atom. The van der Waals surface area contributed by atoms with Crippen molar-refractivity contribution < 1.29 is 14.1 Å². The number of carbonyl (C=O) groups excluding carboxylic acids is 1. The molecule has 0 radical (unpaired) electrons. The molecule has 3 heterocycles. The van der Waals surface area contributed by atoms with Gasteiger partial charge in [-0.05, 0) is 26.0 Å². The first-order valence-electron chi connectivity index (χ1n) is 7.37. The first kappa shape index (κ1) is 15.7. The van der Waals surface area contributed by atoms with E-state index in [1.165, 1.54) is 0 Å². The number of nitrogens with zero attached hydrogens (tertiary/aromatic N) is 4. The summed E-state index contributed by atoms with van der Waals surface area (Å²) >= 11 is 0. The quantitative estimate of drug-likeness (QED) is 0.703. The zero-order chi connectivity index (χ0) is 16.9. The summed E-state index contributed by atoms with van der Waals surface area (Å²) in [6, 6.07) is 5.18. The molecular weight excluding hydrogens is 312 g/mol. The van der Waals surface area contributed by atoms with Crippen LogP contribution in [0.1, 0.15) is 29.0 Å². The monoisotopic (exact) mass is 328 g/mol. The predicted molar refractivity (Wildman–Crippen MR) is 83.2 cm³/mol. The number of nitrogens with one attached hydrogen (secondary N) is 2. The summed E-state index contributed by atoms with van der Waals surface area (Å²) in [6.45, 7) is 4.37. The second kappa shape index (κ2) is 6.90. The van der Waals surface area contributed by atoms with E-state index in [1.807, 2.05) is 13.8 Å². The van der Waals surface area contributed by atoms with Gasteiger partial charge in [-0.2, -0.15) is 10.1 Å². The number of carbonyl (C=O) groups is 1. The molecular formula is C15H16N6O3. The Morgan fingerprint density at radius 3 is 2.96 bits per heavy atom. The molecule has 0 aliphatic carbocycles. The third-order valence-electron chi connectivity index (χ3n) is 3.09. The van der Waals surface area contributed by atoms with Crippen molar-refractivity contribution in [2.24, 2.45) is 0 Å². The Labute approximate surface area is 137 Å². The van der Waals surface area contributed by atoms with E-state index in [9.17, 15) is 4.79 Å². The Hall–Kier alpha value is -3.23. The molecule has 1 amide bonds. The van der Waals surface area contributed by atoms with Crippen LogP contribution in [0.15, 0.2) is 28.9 Å². The van der Waals surface area contributed by atoms with Crippen molar-refractivity contribution in [1.29, 1.82) is 0 Å². The van der Waals surface area contributed by atoms with E-state index >= 15 is 0 Å². The zero-order valence-electron chi connectivity index (χ0n) is 13.2. The standard InChI is InChI=1S/C15H16N6O3/c1-3-23-12-5-4-10(7-16-12)14-18-13(24-21-14)8-17-15(22)11-6-9(2)19-20-11/h4-7H,3,8H2,1-2H3,(H,17,22)(H,19,20). The number of aromatic nitrogens is 5. The summed E-state index contributed by atoms with van der Waals surface area (Å²) in [5.41, 5.74) is 1.81. The van der Waals surface area contributed by atoms with Gasteiger partial charge in [0.25, 0.3) is 5.91 Å². The molecule has 3 aromatic heterocycles. The first-order valence-corrected chi connectivity index (χ1v) is 7.37. The maximum absolute atomic E-state index is 11.9. The van der Waals surface area contributed by atoms with E-state index in [2.05, 4.69) is 30.6 Å². The number of rotatable bonds is 6. The van der Waals surface area contributed by atoms with Crippen LogP contribution >= 0.6 is 0 Å². The van der Waals surface area contributed by atoms with Crippen molar-refractivity contribution >= 4 is 5.91 Å². The molecule has 0 spiro atoms. The van der Waals surface area contributed by atoms with Crippen molar-refractivity contribution in [3.05, 3.63) is 41.7 Å². The first-order chi connectivity index (χ1) is 11.7. The van der Waals surface area contributed by atoms with Gasteiger partial charge in [-0.25, -0.2) is 4.98 Å². The van der Waals surface area contributed by atoms with Gasteiger partial charge in [0.2, 0.25) is 17.6 Å². The largest absolute Gasteiger partial charge is 0.478 e. The second-order valence-corrected chi connectivity index (χ2v) is 4.95. The van der Waals surface area contributed by atoms with Crippen LogP contribution in [0.2, 0.25) is 0 Å². The molecule has 9 heteroatoms. The highest BCUT2D eigenvalue weighted by molar-refractivity contribution is 5.92. The molecule has 9 nitrogen and oxygen atoms in total. The van der Waals surface area contributed by atoms with Crippen molar-refractivity contribution in [3.8, 4) is 17.3 Å². The molecule has 0 aromatic carbocycles. The highest BCUT2D eigenvalue weighted by Gasteiger charge is 2.13. The third-order valence-corrected chi connectivity index (χ3v) is 3.09. The van der Waals surface area contributed by atoms with E-state index in [0.717, 1.165) is 5.69 Å². The van der Waals surface area contributed by atoms with Crippen molar-refractivity contribution in [2.75, 3.05) is 6.61 Å². The zero-order valence-corrected chi connectivity index (χ0v) is 13.2. The molecule has 0 fully saturated rings. The molecule has 0 unspecified atom stereocenters.